The van der Waals surface area contributed by atoms with Gasteiger partial charge in [-0.15, -0.1) is 0 Å². The van der Waals surface area contributed by atoms with E-state index in [4.69, 9.17) is 16.6 Å². The number of sulfonamides is 1. The molecular formula is C29H34ClFN8O4S. The minimum Gasteiger partial charge on any atom is -0.377 e. The van der Waals surface area contributed by atoms with Gasteiger partial charge in [-0.3, -0.25) is 18.8 Å². The molecule has 4 aromatic rings. The molecule has 3 aromatic heterocycles. The number of hydrogen-bond donors (Lipinski definition) is 2. The van der Waals surface area contributed by atoms with Crippen LogP contribution in [0.15, 0.2) is 35.3 Å². The van der Waals surface area contributed by atoms with E-state index in [-0.39, 0.29) is 27.9 Å². The standard InChI is InChI=1S/C29H34ClFN8O4S/c1-16-13-18(17(2)33-21-7-8-22(30)34-24(21)26(40)36-44(6,42)43)23-19(14-16)27(41)37(4)28(35-23)39-11-9-29(3,10-12-39)25-20(31)15-32-38(25)5/h7-8,13-15,17,33H,9-12H2,1-6H3,(H,36,40)/t17-/m1/s1. The van der Waals surface area contributed by atoms with Crippen molar-refractivity contribution in [2.45, 2.75) is 45.1 Å². The van der Waals surface area contributed by atoms with Crippen LogP contribution in [0.3, 0.4) is 0 Å². The van der Waals surface area contributed by atoms with Crippen LogP contribution in [-0.4, -0.2) is 58.0 Å². The van der Waals surface area contributed by atoms with Gasteiger partial charge in [-0.1, -0.05) is 24.6 Å². The van der Waals surface area contributed by atoms with Gasteiger partial charge in [0.05, 0.1) is 40.8 Å². The van der Waals surface area contributed by atoms with Gasteiger partial charge in [-0.05, 0) is 50.5 Å². The van der Waals surface area contributed by atoms with Crippen molar-refractivity contribution in [3.63, 3.8) is 0 Å². The summed E-state index contributed by atoms with van der Waals surface area (Å²) >= 11 is 6.03. The quantitative estimate of drug-likeness (QED) is 0.289. The predicted octanol–water partition coefficient (Wildman–Crippen LogP) is 3.58. The molecule has 1 atom stereocenters. The van der Waals surface area contributed by atoms with Crippen molar-refractivity contribution in [2.24, 2.45) is 14.1 Å². The Bertz CT molecular complexity index is 1930. The Morgan fingerprint density at radius 3 is 2.45 bits per heavy atom. The number of rotatable bonds is 7. The summed E-state index contributed by atoms with van der Waals surface area (Å²) < 4.78 is 43.1. The first-order valence-corrected chi connectivity index (χ1v) is 16.2. The second-order valence-electron chi connectivity index (χ2n) is 11.6. The number of amides is 1. The van der Waals surface area contributed by atoms with E-state index >= 15 is 0 Å². The Kier molecular flexibility index (Phi) is 8.18. The maximum absolute atomic E-state index is 14.6. The Morgan fingerprint density at radius 1 is 1.16 bits per heavy atom. The number of carbonyl (C=O) groups is 1. The highest BCUT2D eigenvalue weighted by molar-refractivity contribution is 7.89. The van der Waals surface area contributed by atoms with Gasteiger partial charge in [0.1, 0.15) is 5.15 Å². The molecule has 12 nitrogen and oxygen atoms in total. The lowest BCUT2D eigenvalue weighted by Crippen LogP contribution is -2.44. The van der Waals surface area contributed by atoms with Crippen molar-refractivity contribution >= 4 is 50.1 Å². The molecule has 2 N–H and O–H groups in total. The monoisotopic (exact) mass is 644 g/mol. The molecule has 1 aliphatic heterocycles. The average Bonchev–Trinajstić information content (AvgIpc) is 3.29. The number of nitrogens with one attached hydrogen (secondary N) is 2. The molecule has 1 aromatic carbocycles. The summed E-state index contributed by atoms with van der Waals surface area (Å²) in [5.41, 5.74) is 2.01. The molecule has 1 saturated heterocycles. The second kappa shape index (κ2) is 11.5. The average molecular weight is 645 g/mol. The fourth-order valence-electron chi connectivity index (χ4n) is 5.93. The van der Waals surface area contributed by atoms with Gasteiger partial charge in [0, 0.05) is 38.2 Å². The zero-order valence-corrected chi connectivity index (χ0v) is 26.8. The highest BCUT2D eigenvalue weighted by Gasteiger charge is 2.37. The Morgan fingerprint density at radius 2 is 1.84 bits per heavy atom. The molecule has 5 rings (SSSR count). The fourth-order valence-corrected chi connectivity index (χ4v) is 6.51. The van der Waals surface area contributed by atoms with Crippen LogP contribution in [0, 0.1) is 12.7 Å². The summed E-state index contributed by atoms with van der Waals surface area (Å²) in [4.78, 5) is 37.5. The number of aryl methyl sites for hydroxylation is 2. The van der Waals surface area contributed by atoms with Gasteiger partial charge >= 0.3 is 0 Å². The highest BCUT2D eigenvalue weighted by atomic mass is 35.5. The number of piperidine rings is 1. The lowest BCUT2D eigenvalue weighted by atomic mass is 9.77. The maximum atomic E-state index is 14.6. The Labute approximate surface area is 259 Å². The topological polar surface area (TPSA) is 144 Å². The maximum Gasteiger partial charge on any atom is 0.285 e. The van der Waals surface area contributed by atoms with Gasteiger partial charge < -0.3 is 10.2 Å². The van der Waals surface area contributed by atoms with E-state index in [0.29, 0.717) is 54.0 Å². The Hall–Kier alpha value is -4.04. The third-order valence-corrected chi connectivity index (χ3v) is 8.91. The number of benzene rings is 1. The molecule has 0 saturated carbocycles. The minimum absolute atomic E-state index is 0.0152. The van der Waals surface area contributed by atoms with Crippen molar-refractivity contribution in [2.75, 3.05) is 29.6 Å². The predicted molar refractivity (Wildman–Crippen MR) is 167 cm³/mol. The molecule has 0 aliphatic carbocycles. The van der Waals surface area contributed by atoms with E-state index < -0.39 is 27.4 Å². The van der Waals surface area contributed by atoms with E-state index in [1.54, 1.807) is 24.8 Å². The largest absolute Gasteiger partial charge is 0.377 e. The number of pyridine rings is 1. The summed E-state index contributed by atoms with van der Waals surface area (Å²) in [5.74, 6) is -0.765. The van der Waals surface area contributed by atoms with E-state index in [2.05, 4.69) is 15.4 Å². The van der Waals surface area contributed by atoms with Crippen LogP contribution in [0.5, 0.6) is 0 Å². The molecule has 0 unspecified atom stereocenters. The van der Waals surface area contributed by atoms with Gasteiger partial charge in [-0.2, -0.15) is 5.10 Å². The van der Waals surface area contributed by atoms with Crippen LogP contribution >= 0.6 is 11.6 Å². The summed E-state index contributed by atoms with van der Waals surface area (Å²) in [7, 11) is -0.421. The SMILES string of the molecule is Cc1cc([C@@H](C)Nc2ccc(Cl)nc2C(=O)NS(C)(=O)=O)c2nc(N3CCC(C)(c4c(F)cnn4C)CC3)n(C)c(=O)c2c1. The number of halogens is 2. The molecule has 0 bridgehead atoms. The molecular weight excluding hydrogens is 611 g/mol. The van der Waals surface area contributed by atoms with Gasteiger partial charge in [-0.25, -0.2) is 27.5 Å². The summed E-state index contributed by atoms with van der Waals surface area (Å²) in [6.07, 6.45) is 3.38. The van der Waals surface area contributed by atoms with Crippen molar-refractivity contribution in [1.29, 1.82) is 0 Å². The number of carbonyl (C=O) groups excluding carboxylic acids is 1. The first-order valence-electron chi connectivity index (χ1n) is 14.0. The number of fused-ring (bicyclic) bond motifs is 1. The van der Waals surface area contributed by atoms with E-state index in [1.165, 1.54) is 22.9 Å². The minimum atomic E-state index is -3.85. The smallest absolute Gasteiger partial charge is 0.285 e. The molecule has 1 amide bonds. The van der Waals surface area contributed by atoms with Crippen LogP contribution < -0.4 is 20.5 Å². The third-order valence-electron chi connectivity index (χ3n) is 8.14. The normalized spacial score (nSPS) is 15.8. The van der Waals surface area contributed by atoms with Gasteiger partial charge in [0.25, 0.3) is 11.5 Å². The fraction of sp³-hybridized carbons (Fsp3) is 0.414. The molecule has 15 heteroatoms. The van der Waals surface area contributed by atoms with Crippen molar-refractivity contribution in [3.8, 4) is 0 Å². The first-order chi connectivity index (χ1) is 20.6. The zero-order valence-electron chi connectivity index (χ0n) is 25.3. The molecule has 44 heavy (non-hydrogen) atoms. The summed E-state index contributed by atoms with van der Waals surface area (Å²) in [5, 5.41) is 7.75. The highest BCUT2D eigenvalue weighted by Crippen LogP contribution is 2.37. The van der Waals surface area contributed by atoms with Gasteiger partial charge in [0.2, 0.25) is 16.0 Å². The summed E-state index contributed by atoms with van der Waals surface area (Å²) in [6.45, 7) is 6.85. The summed E-state index contributed by atoms with van der Waals surface area (Å²) in [6, 6.07) is 6.23. The van der Waals surface area contributed by atoms with Crippen LogP contribution in [0.2, 0.25) is 5.15 Å². The number of hydrogen-bond acceptors (Lipinski definition) is 9. The molecule has 1 fully saturated rings. The lowest BCUT2D eigenvalue weighted by molar-refractivity contribution is 0.0977. The molecule has 1 aliphatic rings. The van der Waals surface area contributed by atoms with Crippen LogP contribution in [0.1, 0.15) is 60.0 Å². The Balaban J connectivity index is 1.51. The zero-order chi connectivity index (χ0) is 32.1. The van der Waals surface area contributed by atoms with Crippen LogP contribution in [0.4, 0.5) is 16.0 Å². The lowest BCUT2D eigenvalue weighted by Gasteiger charge is -2.40. The van der Waals surface area contributed by atoms with Crippen molar-refractivity contribution in [3.05, 3.63) is 74.3 Å². The van der Waals surface area contributed by atoms with E-state index in [0.717, 1.165) is 11.8 Å². The molecule has 4 heterocycles. The molecule has 0 radical (unpaired) electrons. The molecule has 0 spiro atoms. The van der Waals surface area contributed by atoms with Crippen LogP contribution in [0.25, 0.3) is 10.9 Å². The van der Waals surface area contributed by atoms with Gasteiger partial charge in [0.15, 0.2) is 11.5 Å². The van der Waals surface area contributed by atoms with Crippen LogP contribution in [-0.2, 0) is 29.5 Å². The number of nitrogens with zero attached hydrogens (tertiary/aromatic N) is 6. The first kappa shape index (κ1) is 31.4. The van der Waals surface area contributed by atoms with Crippen molar-refractivity contribution in [1.82, 2.24) is 29.0 Å². The molecule has 234 valence electrons. The number of aromatic nitrogens is 5. The third kappa shape index (κ3) is 6.00. The second-order valence-corrected chi connectivity index (χ2v) is 13.8. The van der Waals surface area contributed by atoms with E-state index in [9.17, 15) is 22.4 Å². The number of anilines is 2. The van der Waals surface area contributed by atoms with Crippen molar-refractivity contribution < 1.29 is 17.6 Å². The van der Waals surface area contributed by atoms with E-state index in [1.807, 2.05) is 36.5 Å².